The van der Waals surface area contributed by atoms with Crippen molar-refractivity contribution in [3.8, 4) is 0 Å². The Labute approximate surface area is 161 Å². The van der Waals surface area contributed by atoms with Crippen molar-refractivity contribution in [3.05, 3.63) is 101 Å². The Balaban J connectivity index is 1.72. The van der Waals surface area contributed by atoms with Crippen LogP contribution in [0.2, 0.25) is 0 Å². The molecule has 1 N–H and O–H groups in total. The number of anilines is 1. The van der Waals surface area contributed by atoms with Crippen molar-refractivity contribution in [2.24, 2.45) is 5.92 Å². The lowest BCUT2D eigenvalue weighted by molar-refractivity contribution is -0.117. The average Bonchev–Trinajstić information content (AvgIpc) is 3.41. The maximum Gasteiger partial charge on any atom is 0.228 e. The van der Waals surface area contributed by atoms with Gasteiger partial charge in [0.25, 0.3) is 0 Å². The molecule has 0 unspecified atom stereocenters. The number of amides is 1. The van der Waals surface area contributed by atoms with Crippen LogP contribution in [0.1, 0.15) is 34.2 Å². The van der Waals surface area contributed by atoms with Crippen molar-refractivity contribution < 1.29 is 4.79 Å². The molecule has 3 aromatic rings. The number of carbonyl (C=O) groups is 1. The molecule has 1 fully saturated rings. The second kappa shape index (κ2) is 6.70. The summed E-state index contributed by atoms with van der Waals surface area (Å²) < 4.78 is 0. The average molecular weight is 355 g/mol. The van der Waals surface area contributed by atoms with Gasteiger partial charge in [0.15, 0.2) is 0 Å². The van der Waals surface area contributed by atoms with E-state index in [0.717, 1.165) is 12.1 Å². The summed E-state index contributed by atoms with van der Waals surface area (Å²) in [6.07, 6.45) is 0.848. The van der Waals surface area contributed by atoms with E-state index in [2.05, 4.69) is 67.7 Å². The lowest BCUT2D eigenvalue weighted by Gasteiger charge is -2.23. The first-order chi connectivity index (χ1) is 13.0. The second-order valence-corrected chi connectivity index (χ2v) is 7.71. The van der Waals surface area contributed by atoms with Crippen LogP contribution in [0, 0.1) is 26.7 Å². The molecule has 1 atom stereocenters. The lowest BCUT2D eigenvalue weighted by atomic mass is 9.81. The molecule has 2 nitrogen and oxygen atoms in total. The van der Waals surface area contributed by atoms with Crippen LogP contribution in [0.25, 0.3) is 0 Å². The number of carbonyl (C=O) groups excluding carboxylic acids is 1. The first kappa shape index (κ1) is 17.5. The lowest BCUT2D eigenvalue weighted by Crippen LogP contribution is -2.23. The smallest absolute Gasteiger partial charge is 0.228 e. The Bertz CT molecular complexity index is 942. The third kappa shape index (κ3) is 3.06. The van der Waals surface area contributed by atoms with Crippen molar-refractivity contribution in [2.75, 3.05) is 5.32 Å². The minimum absolute atomic E-state index is 0.0546. The van der Waals surface area contributed by atoms with Gasteiger partial charge in [0, 0.05) is 11.1 Å². The highest BCUT2D eigenvalue weighted by atomic mass is 16.2. The minimum Gasteiger partial charge on any atom is -0.326 e. The summed E-state index contributed by atoms with van der Waals surface area (Å²) in [5.74, 6) is 0.0476. The third-order valence-corrected chi connectivity index (χ3v) is 5.85. The van der Waals surface area contributed by atoms with Gasteiger partial charge in [-0.2, -0.15) is 0 Å². The van der Waals surface area contributed by atoms with Gasteiger partial charge in [-0.05, 0) is 61.6 Å². The summed E-state index contributed by atoms with van der Waals surface area (Å²) >= 11 is 0. The van der Waals surface area contributed by atoms with E-state index < -0.39 is 0 Å². The zero-order chi connectivity index (χ0) is 19.0. The first-order valence-electron chi connectivity index (χ1n) is 9.52. The van der Waals surface area contributed by atoms with Gasteiger partial charge in [-0.1, -0.05) is 66.2 Å². The van der Waals surface area contributed by atoms with Gasteiger partial charge in [0.2, 0.25) is 5.91 Å². The van der Waals surface area contributed by atoms with E-state index >= 15 is 0 Å². The normalized spacial score (nSPS) is 17.4. The zero-order valence-corrected chi connectivity index (χ0v) is 16.1. The minimum atomic E-state index is -0.231. The van der Waals surface area contributed by atoms with Gasteiger partial charge >= 0.3 is 0 Å². The summed E-state index contributed by atoms with van der Waals surface area (Å²) in [7, 11) is 0. The van der Waals surface area contributed by atoms with Crippen molar-refractivity contribution in [1.29, 1.82) is 0 Å². The largest absolute Gasteiger partial charge is 0.326 e. The van der Waals surface area contributed by atoms with Crippen LogP contribution in [0.4, 0.5) is 5.69 Å². The van der Waals surface area contributed by atoms with Gasteiger partial charge < -0.3 is 5.32 Å². The Morgan fingerprint density at radius 1 is 0.815 bits per heavy atom. The molecule has 0 aromatic heterocycles. The van der Waals surface area contributed by atoms with Gasteiger partial charge in [-0.15, -0.1) is 0 Å². The second-order valence-electron chi connectivity index (χ2n) is 7.71. The topological polar surface area (TPSA) is 29.1 Å². The number of aryl methyl sites for hydroxylation is 3. The van der Waals surface area contributed by atoms with Gasteiger partial charge in [0.1, 0.15) is 0 Å². The molecule has 27 heavy (non-hydrogen) atoms. The third-order valence-electron chi connectivity index (χ3n) is 5.85. The molecule has 136 valence electrons. The van der Waals surface area contributed by atoms with Crippen LogP contribution in [-0.4, -0.2) is 5.91 Å². The maximum atomic E-state index is 13.1. The predicted molar refractivity (Wildman–Crippen MR) is 111 cm³/mol. The monoisotopic (exact) mass is 355 g/mol. The highest BCUT2D eigenvalue weighted by Crippen LogP contribution is 2.60. The fraction of sp³-hybridized carbons (Fsp3) is 0.240. The van der Waals surface area contributed by atoms with Crippen LogP contribution in [0.3, 0.4) is 0 Å². The molecular formula is C25H25NO. The number of rotatable bonds is 4. The van der Waals surface area contributed by atoms with Gasteiger partial charge in [-0.25, -0.2) is 0 Å². The van der Waals surface area contributed by atoms with E-state index in [1.54, 1.807) is 0 Å². The quantitative estimate of drug-likeness (QED) is 0.652. The first-order valence-corrected chi connectivity index (χ1v) is 9.52. The zero-order valence-electron chi connectivity index (χ0n) is 16.1. The molecule has 1 aliphatic rings. The van der Waals surface area contributed by atoms with Crippen molar-refractivity contribution >= 4 is 11.6 Å². The molecule has 1 aliphatic carbocycles. The van der Waals surface area contributed by atoms with Gasteiger partial charge in [0.05, 0.1) is 5.92 Å². The van der Waals surface area contributed by atoms with E-state index in [4.69, 9.17) is 0 Å². The molecule has 3 aromatic carbocycles. The van der Waals surface area contributed by atoms with Crippen LogP contribution < -0.4 is 5.32 Å². The van der Waals surface area contributed by atoms with Crippen LogP contribution in [0.5, 0.6) is 0 Å². The number of hydrogen-bond acceptors (Lipinski definition) is 1. The Morgan fingerprint density at radius 3 is 1.85 bits per heavy atom. The fourth-order valence-electron chi connectivity index (χ4n) is 4.33. The highest BCUT2D eigenvalue weighted by Gasteiger charge is 2.61. The van der Waals surface area contributed by atoms with Crippen molar-refractivity contribution in [3.63, 3.8) is 0 Å². The Kier molecular flexibility index (Phi) is 4.35. The molecule has 0 heterocycles. The molecule has 0 bridgehead atoms. The SMILES string of the molecule is Cc1ccc(NC(=O)[C@@H]2CC2(c2ccccc2C)c2ccccc2C)cc1. The molecule has 0 spiro atoms. The summed E-state index contributed by atoms with van der Waals surface area (Å²) in [6, 6.07) is 24.9. The molecule has 1 saturated carbocycles. The summed E-state index contributed by atoms with van der Waals surface area (Å²) in [5.41, 5.74) is 6.84. The van der Waals surface area contributed by atoms with E-state index in [-0.39, 0.29) is 17.2 Å². The molecule has 4 rings (SSSR count). The molecule has 0 aliphatic heterocycles. The molecule has 1 amide bonds. The fourth-order valence-corrected chi connectivity index (χ4v) is 4.33. The standard InChI is InChI=1S/C25H25NO/c1-17-12-14-20(15-13-17)26-24(27)23-16-25(23,21-10-6-4-8-18(21)2)22-11-7-5-9-19(22)3/h4-15,23H,16H2,1-3H3,(H,26,27)/t23-/m0/s1. The Morgan fingerprint density at radius 2 is 1.33 bits per heavy atom. The van der Waals surface area contributed by atoms with E-state index in [1.165, 1.54) is 27.8 Å². The number of hydrogen-bond donors (Lipinski definition) is 1. The van der Waals surface area contributed by atoms with Crippen molar-refractivity contribution in [2.45, 2.75) is 32.6 Å². The molecule has 0 saturated heterocycles. The highest BCUT2D eigenvalue weighted by molar-refractivity contribution is 5.97. The summed E-state index contributed by atoms with van der Waals surface area (Å²) in [4.78, 5) is 13.1. The van der Waals surface area contributed by atoms with Crippen molar-refractivity contribution in [1.82, 2.24) is 0 Å². The van der Waals surface area contributed by atoms with E-state index in [0.29, 0.717) is 0 Å². The van der Waals surface area contributed by atoms with Crippen LogP contribution in [-0.2, 0) is 10.2 Å². The van der Waals surface area contributed by atoms with E-state index in [1.807, 2.05) is 31.2 Å². The molecular weight excluding hydrogens is 330 g/mol. The summed E-state index contributed by atoms with van der Waals surface area (Å²) in [6.45, 7) is 6.33. The van der Waals surface area contributed by atoms with Crippen LogP contribution in [0.15, 0.2) is 72.8 Å². The van der Waals surface area contributed by atoms with E-state index in [9.17, 15) is 4.79 Å². The predicted octanol–water partition coefficient (Wildman–Crippen LogP) is 5.56. The Hall–Kier alpha value is -2.87. The van der Waals surface area contributed by atoms with Gasteiger partial charge in [-0.3, -0.25) is 4.79 Å². The molecule has 2 heteroatoms. The van der Waals surface area contributed by atoms with Crippen LogP contribution >= 0.6 is 0 Å². The number of nitrogens with one attached hydrogen (secondary N) is 1. The maximum absolute atomic E-state index is 13.1. The molecule has 0 radical (unpaired) electrons. The number of benzene rings is 3. The summed E-state index contributed by atoms with van der Waals surface area (Å²) in [5, 5.41) is 3.13.